The van der Waals surface area contributed by atoms with Crippen LogP contribution in [-0.2, 0) is 6.18 Å². The minimum Gasteiger partial charge on any atom is -0.250 e. The lowest BCUT2D eigenvalue weighted by Crippen LogP contribution is -2.08. The highest BCUT2D eigenvalue weighted by molar-refractivity contribution is 14.1. The molecule has 0 amide bonds. The van der Waals surface area contributed by atoms with Gasteiger partial charge in [-0.3, -0.25) is 4.98 Å². The number of hydrogen-bond acceptors (Lipinski definition) is 2. The second-order valence-electron chi connectivity index (χ2n) is 2.16. The molecule has 1 aromatic rings. The Labute approximate surface area is 85.5 Å². The molecule has 0 aliphatic rings. The molecule has 0 aromatic carbocycles. The number of nitrogens with zero attached hydrogens (tertiary/aromatic N) is 2. The lowest BCUT2D eigenvalue weighted by molar-refractivity contribution is -0.141. The van der Waals surface area contributed by atoms with Crippen LogP contribution in [0.15, 0.2) is 12.3 Å². The Kier molecular flexibility index (Phi) is 2.75. The minimum absolute atomic E-state index is 0.147. The van der Waals surface area contributed by atoms with Gasteiger partial charge in [0.2, 0.25) is 0 Å². The minimum atomic E-state index is -4.45. The van der Waals surface area contributed by atoms with Gasteiger partial charge in [-0.25, -0.2) is 0 Å². The lowest BCUT2D eigenvalue weighted by atomic mass is 10.2. The van der Waals surface area contributed by atoms with Gasteiger partial charge in [0.1, 0.15) is 11.8 Å². The van der Waals surface area contributed by atoms with E-state index in [1.54, 1.807) is 28.7 Å². The molecule has 1 heterocycles. The average Bonchev–Trinajstić information content (AvgIpc) is 2.02. The summed E-state index contributed by atoms with van der Waals surface area (Å²) in [5.74, 6) is 0. The molecule has 0 bridgehead atoms. The molecule has 1 rings (SSSR count). The number of halogens is 4. The Hall–Kier alpha value is -0.840. The molecule has 0 N–H and O–H groups in total. The number of alkyl halides is 3. The highest BCUT2D eigenvalue weighted by atomic mass is 127. The fraction of sp³-hybridized carbons (Fsp3) is 0.143. The zero-order chi connectivity index (χ0) is 10.1. The maximum atomic E-state index is 12.1. The fourth-order valence-corrected chi connectivity index (χ4v) is 1.22. The van der Waals surface area contributed by atoms with Crippen LogP contribution in [0, 0.1) is 14.9 Å². The van der Waals surface area contributed by atoms with Crippen molar-refractivity contribution in [3.05, 3.63) is 27.1 Å². The average molecular weight is 298 g/mol. The summed E-state index contributed by atoms with van der Waals surface area (Å²) in [6.07, 6.45) is -3.53. The van der Waals surface area contributed by atoms with Gasteiger partial charge in [0.25, 0.3) is 0 Å². The number of aromatic nitrogens is 1. The number of rotatable bonds is 0. The first-order valence-corrected chi connectivity index (χ1v) is 4.16. The summed E-state index contributed by atoms with van der Waals surface area (Å²) in [4.78, 5) is 3.13. The van der Waals surface area contributed by atoms with Gasteiger partial charge >= 0.3 is 6.18 Å². The van der Waals surface area contributed by atoms with Gasteiger partial charge < -0.3 is 0 Å². The van der Waals surface area contributed by atoms with Crippen LogP contribution < -0.4 is 0 Å². The lowest BCUT2D eigenvalue weighted by Gasteiger charge is -2.05. The zero-order valence-electron chi connectivity index (χ0n) is 6.06. The maximum absolute atomic E-state index is 12.1. The molecular weight excluding hydrogens is 296 g/mol. The molecule has 6 heteroatoms. The zero-order valence-corrected chi connectivity index (χ0v) is 8.22. The summed E-state index contributed by atoms with van der Waals surface area (Å²) >= 11 is 1.66. The molecule has 0 aliphatic carbocycles. The van der Waals surface area contributed by atoms with Crippen LogP contribution in [0.2, 0.25) is 0 Å². The quantitative estimate of drug-likeness (QED) is 0.690. The largest absolute Gasteiger partial charge is 0.433 e. The van der Waals surface area contributed by atoms with Crippen molar-refractivity contribution >= 4 is 22.6 Å². The van der Waals surface area contributed by atoms with Crippen molar-refractivity contribution in [3.8, 4) is 6.07 Å². The van der Waals surface area contributed by atoms with Crippen molar-refractivity contribution in [2.75, 3.05) is 0 Å². The molecular formula is C7H2F3IN2. The molecule has 0 saturated carbocycles. The first-order valence-electron chi connectivity index (χ1n) is 3.08. The smallest absolute Gasteiger partial charge is 0.250 e. The van der Waals surface area contributed by atoms with Crippen LogP contribution in [0.5, 0.6) is 0 Å². The Balaban J connectivity index is 3.20. The van der Waals surface area contributed by atoms with Crippen LogP contribution in [0.25, 0.3) is 0 Å². The number of hydrogen-bond donors (Lipinski definition) is 0. The van der Waals surface area contributed by atoms with Gasteiger partial charge in [-0.05, 0) is 28.7 Å². The topological polar surface area (TPSA) is 36.7 Å². The van der Waals surface area contributed by atoms with Gasteiger partial charge in [-0.15, -0.1) is 0 Å². The number of nitriles is 1. The summed E-state index contributed by atoms with van der Waals surface area (Å²) in [6, 6.07) is 2.58. The molecule has 0 saturated heterocycles. The normalized spacial score (nSPS) is 11.0. The molecule has 0 aliphatic heterocycles. The van der Waals surface area contributed by atoms with E-state index in [0.717, 1.165) is 12.3 Å². The second-order valence-corrected chi connectivity index (χ2v) is 3.32. The van der Waals surface area contributed by atoms with Crippen LogP contribution in [-0.4, -0.2) is 4.98 Å². The van der Waals surface area contributed by atoms with E-state index in [-0.39, 0.29) is 9.13 Å². The van der Waals surface area contributed by atoms with Crippen LogP contribution >= 0.6 is 22.6 Å². The molecule has 0 atom stereocenters. The van der Waals surface area contributed by atoms with Crippen molar-refractivity contribution in [1.82, 2.24) is 4.98 Å². The van der Waals surface area contributed by atoms with Crippen LogP contribution in [0.3, 0.4) is 0 Å². The molecule has 0 unspecified atom stereocenters. The van der Waals surface area contributed by atoms with E-state index < -0.39 is 11.9 Å². The van der Waals surface area contributed by atoms with E-state index >= 15 is 0 Å². The first kappa shape index (κ1) is 10.2. The van der Waals surface area contributed by atoms with E-state index in [9.17, 15) is 13.2 Å². The predicted molar refractivity (Wildman–Crippen MR) is 46.7 cm³/mol. The van der Waals surface area contributed by atoms with Gasteiger partial charge in [-0.1, -0.05) is 0 Å². The molecule has 68 valence electrons. The third-order valence-electron chi connectivity index (χ3n) is 1.26. The summed E-state index contributed by atoms with van der Waals surface area (Å²) in [5.41, 5.74) is -0.829. The summed E-state index contributed by atoms with van der Waals surface area (Å²) < 4.78 is 36.4. The standard InChI is InChI=1S/C7H2F3IN2/c8-7(9,10)6-1-5(11)4(2-12)3-13-6/h1,3H. The van der Waals surface area contributed by atoms with Crippen LogP contribution in [0.4, 0.5) is 13.2 Å². The van der Waals surface area contributed by atoms with Gasteiger partial charge in [0, 0.05) is 9.77 Å². The van der Waals surface area contributed by atoms with E-state index in [0.29, 0.717) is 0 Å². The van der Waals surface area contributed by atoms with Crippen molar-refractivity contribution in [1.29, 1.82) is 5.26 Å². The van der Waals surface area contributed by atoms with E-state index in [2.05, 4.69) is 4.98 Å². The van der Waals surface area contributed by atoms with Crippen molar-refractivity contribution in [3.63, 3.8) is 0 Å². The van der Waals surface area contributed by atoms with E-state index in [1.807, 2.05) is 0 Å². The van der Waals surface area contributed by atoms with E-state index in [4.69, 9.17) is 5.26 Å². The van der Waals surface area contributed by atoms with E-state index in [1.165, 1.54) is 0 Å². The highest BCUT2D eigenvalue weighted by Gasteiger charge is 2.32. The molecule has 13 heavy (non-hydrogen) atoms. The van der Waals surface area contributed by atoms with Crippen molar-refractivity contribution in [2.45, 2.75) is 6.18 Å². The van der Waals surface area contributed by atoms with Gasteiger partial charge in [-0.2, -0.15) is 18.4 Å². The summed E-state index contributed by atoms with van der Waals surface area (Å²) in [6.45, 7) is 0. The first-order chi connectivity index (χ1) is 5.95. The maximum Gasteiger partial charge on any atom is 0.433 e. The third-order valence-corrected chi connectivity index (χ3v) is 2.16. The summed E-state index contributed by atoms with van der Waals surface area (Å²) in [5, 5.41) is 8.44. The predicted octanol–water partition coefficient (Wildman–Crippen LogP) is 2.58. The summed E-state index contributed by atoms with van der Waals surface area (Å²) in [7, 11) is 0. The number of pyridine rings is 1. The monoisotopic (exact) mass is 298 g/mol. The van der Waals surface area contributed by atoms with Crippen molar-refractivity contribution in [2.24, 2.45) is 0 Å². The van der Waals surface area contributed by atoms with Crippen LogP contribution in [0.1, 0.15) is 11.3 Å². The van der Waals surface area contributed by atoms with Gasteiger partial charge in [0.15, 0.2) is 0 Å². The Bertz CT molecular complexity index is 367. The second kappa shape index (κ2) is 3.49. The SMILES string of the molecule is N#Cc1cnc(C(F)(F)F)cc1I. The molecule has 1 aromatic heterocycles. The Morgan fingerprint density at radius 2 is 2.08 bits per heavy atom. The third kappa shape index (κ3) is 2.30. The van der Waals surface area contributed by atoms with Gasteiger partial charge in [0.05, 0.1) is 5.56 Å². The van der Waals surface area contributed by atoms with Crippen molar-refractivity contribution < 1.29 is 13.2 Å². The highest BCUT2D eigenvalue weighted by Crippen LogP contribution is 2.28. The Morgan fingerprint density at radius 1 is 1.46 bits per heavy atom. The fourth-order valence-electron chi connectivity index (χ4n) is 0.668. The molecule has 2 nitrogen and oxygen atoms in total. The molecule has 0 spiro atoms. The molecule has 0 fully saturated rings. The molecule has 0 radical (unpaired) electrons. The Morgan fingerprint density at radius 3 is 2.46 bits per heavy atom.